The molecule has 1 saturated carbocycles. The number of hydrogen-bond acceptors (Lipinski definition) is 5. The van der Waals surface area contributed by atoms with Gasteiger partial charge in [-0.1, -0.05) is 0 Å². The monoisotopic (exact) mass is 491 g/mol. The minimum absolute atomic E-state index is 0.0207. The molecule has 0 unspecified atom stereocenters. The minimum atomic E-state index is -0.808. The number of carbonyl (C=O) groups is 2. The molecule has 9 heteroatoms. The van der Waals surface area contributed by atoms with Gasteiger partial charge in [-0.05, 0) is 73.8 Å². The quantitative estimate of drug-likeness (QED) is 0.426. The number of rotatable bonds is 9. The fourth-order valence-electron chi connectivity index (χ4n) is 5.98. The lowest BCUT2D eigenvalue weighted by Gasteiger charge is -2.28. The molecule has 1 fully saturated rings. The molecule has 2 aromatic heterocycles. The molecule has 9 nitrogen and oxygen atoms in total. The lowest BCUT2D eigenvalue weighted by atomic mass is 9.76. The molecule has 1 aliphatic heterocycles. The Labute approximate surface area is 209 Å². The van der Waals surface area contributed by atoms with Crippen molar-refractivity contribution in [1.29, 1.82) is 0 Å². The molecule has 2 aliphatic carbocycles. The maximum atomic E-state index is 14.1. The average Bonchev–Trinajstić information content (AvgIpc) is 3.43. The number of aromatic nitrogens is 3. The molecule has 0 radical (unpaired) electrons. The van der Waals surface area contributed by atoms with E-state index in [4.69, 9.17) is 9.47 Å². The van der Waals surface area contributed by atoms with Crippen LogP contribution in [0.15, 0.2) is 18.3 Å². The van der Waals surface area contributed by atoms with Gasteiger partial charge in [0.05, 0.1) is 23.0 Å². The molecule has 1 aromatic carbocycles. The molecule has 3 aliphatic rings. The molecule has 0 atom stereocenters. The Hall–Kier alpha value is -3.17. The molecule has 2 amide bonds. The fourth-order valence-corrected chi connectivity index (χ4v) is 5.98. The summed E-state index contributed by atoms with van der Waals surface area (Å²) in [7, 11) is 3.30. The molecular weight excluding hydrogens is 458 g/mol. The first-order valence-corrected chi connectivity index (χ1v) is 12.9. The van der Waals surface area contributed by atoms with E-state index in [1.807, 2.05) is 6.20 Å². The number of nitrogens with zero attached hydrogens (tertiary/aromatic N) is 2. The van der Waals surface area contributed by atoms with Crippen LogP contribution in [0.1, 0.15) is 48.8 Å². The number of aryl methyl sites for hydroxylation is 2. The zero-order valence-corrected chi connectivity index (χ0v) is 20.9. The maximum Gasteiger partial charge on any atom is 0.240 e. The van der Waals surface area contributed by atoms with Gasteiger partial charge in [0.2, 0.25) is 11.8 Å². The van der Waals surface area contributed by atoms with Gasteiger partial charge in [-0.2, -0.15) is 5.10 Å². The van der Waals surface area contributed by atoms with Gasteiger partial charge in [0.1, 0.15) is 6.54 Å². The predicted octanol–water partition coefficient (Wildman–Crippen LogP) is 2.98. The van der Waals surface area contributed by atoms with E-state index in [0.717, 1.165) is 65.6 Å². The maximum absolute atomic E-state index is 14.1. The van der Waals surface area contributed by atoms with Gasteiger partial charge in [0.25, 0.3) is 0 Å². The summed E-state index contributed by atoms with van der Waals surface area (Å²) in [5, 5.41) is 11.6. The number of ether oxygens (including phenoxy) is 2. The second kappa shape index (κ2) is 9.05. The van der Waals surface area contributed by atoms with Crippen LogP contribution in [0.25, 0.3) is 22.3 Å². The molecule has 0 saturated heterocycles. The third-order valence-corrected chi connectivity index (χ3v) is 8.03. The van der Waals surface area contributed by atoms with Gasteiger partial charge >= 0.3 is 0 Å². The van der Waals surface area contributed by atoms with Gasteiger partial charge in [-0.25, -0.2) is 0 Å². The van der Waals surface area contributed by atoms with E-state index < -0.39 is 5.41 Å². The zero-order chi connectivity index (χ0) is 24.9. The molecular formula is C27H33N5O4. The van der Waals surface area contributed by atoms with Crippen LogP contribution >= 0.6 is 0 Å². The SMILES string of the molecule is COCCC1(CCOC)C(=O)N(CC(=O)NC2CC2)c2cc3c4c([nH]c3cc21)-c1[nH]ncc1CCC4. The van der Waals surface area contributed by atoms with Gasteiger partial charge in [0, 0.05) is 50.1 Å². The second-order valence-corrected chi connectivity index (χ2v) is 10.3. The largest absolute Gasteiger partial charge is 0.385 e. The standard InChI is InChI=1S/C27H33N5O4/c1-35-10-8-27(9-11-36-2)20-13-21-19(18-5-3-4-16-14-28-31-24(16)25(18)30-21)12-22(20)32(26(27)34)15-23(33)29-17-6-7-17/h12-14,17,30H,3-11,15H2,1-2H3,(H,28,31)(H,29,33). The normalized spacial score (nSPS) is 18.2. The van der Waals surface area contributed by atoms with Crippen LogP contribution in [0.5, 0.6) is 0 Å². The smallest absolute Gasteiger partial charge is 0.240 e. The Morgan fingerprint density at radius 1 is 1.17 bits per heavy atom. The summed E-state index contributed by atoms with van der Waals surface area (Å²) in [6.07, 6.45) is 7.92. The van der Waals surface area contributed by atoms with E-state index in [0.29, 0.717) is 26.1 Å². The number of fused-ring (bicyclic) bond motifs is 6. The number of hydrogen-bond donors (Lipinski definition) is 3. The zero-order valence-electron chi connectivity index (χ0n) is 20.9. The molecule has 3 heterocycles. The van der Waals surface area contributed by atoms with Crippen molar-refractivity contribution in [2.45, 2.75) is 56.4 Å². The number of carbonyl (C=O) groups excluding carboxylic acids is 2. The number of nitrogens with one attached hydrogen (secondary N) is 3. The van der Waals surface area contributed by atoms with Crippen molar-refractivity contribution in [3.63, 3.8) is 0 Å². The van der Waals surface area contributed by atoms with Crippen LogP contribution in [0, 0.1) is 0 Å². The van der Waals surface area contributed by atoms with E-state index in [-0.39, 0.29) is 24.4 Å². The van der Waals surface area contributed by atoms with Crippen molar-refractivity contribution in [2.75, 3.05) is 38.9 Å². The van der Waals surface area contributed by atoms with Crippen molar-refractivity contribution >= 4 is 28.4 Å². The molecule has 6 rings (SSSR count). The Morgan fingerprint density at radius 2 is 1.94 bits per heavy atom. The van der Waals surface area contributed by atoms with Gasteiger partial charge in [0.15, 0.2) is 0 Å². The first-order valence-electron chi connectivity index (χ1n) is 12.9. The fraction of sp³-hybridized carbons (Fsp3) is 0.519. The van der Waals surface area contributed by atoms with Crippen molar-refractivity contribution in [2.24, 2.45) is 0 Å². The van der Waals surface area contributed by atoms with Gasteiger partial charge < -0.3 is 24.7 Å². The Balaban J connectivity index is 1.50. The summed E-state index contributed by atoms with van der Waals surface area (Å²) >= 11 is 0. The first-order chi connectivity index (χ1) is 17.6. The van der Waals surface area contributed by atoms with E-state index in [1.165, 1.54) is 11.1 Å². The molecule has 3 N–H and O–H groups in total. The molecule has 0 bridgehead atoms. The summed E-state index contributed by atoms with van der Waals surface area (Å²) in [6.45, 7) is 0.897. The summed E-state index contributed by atoms with van der Waals surface area (Å²) < 4.78 is 10.9. The summed E-state index contributed by atoms with van der Waals surface area (Å²) in [4.78, 5) is 32.3. The Kier molecular flexibility index (Phi) is 5.84. The minimum Gasteiger partial charge on any atom is -0.385 e. The highest BCUT2D eigenvalue weighted by atomic mass is 16.5. The van der Waals surface area contributed by atoms with Crippen LogP contribution in [0.2, 0.25) is 0 Å². The highest BCUT2D eigenvalue weighted by Gasteiger charge is 2.51. The molecule has 0 spiro atoms. The number of benzene rings is 1. The molecule has 190 valence electrons. The highest BCUT2D eigenvalue weighted by Crippen LogP contribution is 2.49. The van der Waals surface area contributed by atoms with Crippen LogP contribution in [-0.4, -0.2) is 67.0 Å². The molecule has 3 aromatic rings. The number of H-pyrrole nitrogens is 2. The average molecular weight is 492 g/mol. The number of methoxy groups -OCH3 is 2. The highest BCUT2D eigenvalue weighted by molar-refractivity contribution is 6.13. The summed E-state index contributed by atoms with van der Waals surface area (Å²) in [5.41, 5.74) is 6.52. The van der Waals surface area contributed by atoms with Crippen LogP contribution in [0.3, 0.4) is 0 Å². The van der Waals surface area contributed by atoms with E-state index in [1.54, 1.807) is 19.1 Å². The second-order valence-electron chi connectivity index (χ2n) is 10.3. The topological polar surface area (TPSA) is 112 Å². The third-order valence-electron chi connectivity index (χ3n) is 8.03. The van der Waals surface area contributed by atoms with E-state index in [2.05, 4.69) is 32.6 Å². The van der Waals surface area contributed by atoms with Crippen LogP contribution in [0.4, 0.5) is 5.69 Å². The van der Waals surface area contributed by atoms with Crippen molar-refractivity contribution < 1.29 is 19.1 Å². The lowest BCUT2D eigenvalue weighted by Crippen LogP contribution is -2.46. The number of aromatic amines is 2. The van der Waals surface area contributed by atoms with Crippen molar-refractivity contribution in [3.05, 3.63) is 35.0 Å². The van der Waals surface area contributed by atoms with Crippen molar-refractivity contribution in [1.82, 2.24) is 20.5 Å². The lowest BCUT2D eigenvalue weighted by molar-refractivity contribution is -0.127. The first kappa shape index (κ1) is 23.2. The van der Waals surface area contributed by atoms with Crippen LogP contribution < -0.4 is 10.2 Å². The van der Waals surface area contributed by atoms with E-state index >= 15 is 0 Å². The Morgan fingerprint density at radius 3 is 2.67 bits per heavy atom. The van der Waals surface area contributed by atoms with Crippen molar-refractivity contribution in [3.8, 4) is 11.4 Å². The van der Waals surface area contributed by atoms with Crippen LogP contribution in [-0.2, 0) is 37.3 Å². The summed E-state index contributed by atoms with van der Waals surface area (Å²) in [5.74, 6) is -0.159. The third kappa shape index (κ3) is 3.72. The van der Waals surface area contributed by atoms with E-state index in [9.17, 15) is 9.59 Å². The van der Waals surface area contributed by atoms with Gasteiger partial charge in [-0.3, -0.25) is 14.7 Å². The summed E-state index contributed by atoms with van der Waals surface area (Å²) in [6, 6.07) is 4.48. The molecule has 36 heavy (non-hydrogen) atoms. The Bertz CT molecular complexity index is 1310. The predicted molar refractivity (Wildman–Crippen MR) is 136 cm³/mol. The number of anilines is 1. The number of amides is 2. The van der Waals surface area contributed by atoms with Gasteiger partial charge in [-0.15, -0.1) is 0 Å².